The summed E-state index contributed by atoms with van der Waals surface area (Å²) in [5.74, 6) is 3.96. The number of halogens is 1. The van der Waals surface area contributed by atoms with E-state index in [0.717, 1.165) is 67.8 Å². The van der Waals surface area contributed by atoms with Crippen molar-refractivity contribution in [3.05, 3.63) is 52.3 Å². The molecule has 0 spiro atoms. The monoisotopic (exact) mass is 662 g/mol. The molecule has 7 rings (SSSR count). The van der Waals surface area contributed by atoms with E-state index in [-0.39, 0.29) is 28.9 Å². The lowest BCUT2D eigenvalue weighted by Gasteiger charge is -2.62. The maximum absolute atomic E-state index is 13.5. The average Bonchev–Trinajstić information content (AvgIpc) is 3.41. The number of fused-ring (bicyclic) bond motifs is 6. The molecule has 1 amide bonds. The number of benzene rings is 1. The van der Waals surface area contributed by atoms with Gasteiger partial charge in [0, 0.05) is 49.3 Å². The Labute approximate surface area is 286 Å². The molecule has 2 heterocycles. The molecule has 1 aromatic heterocycles. The highest BCUT2D eigenvalue weighted by Crippen LogP contribution is 2.68. The van der Waals surface area contributed by atoms with Gasteiger partial charge in [-0.3, -0.25) is 4.79 Å². The van der Waals surface area contributed by atoms with Crippen LogP contribution in [0.2, 0.25) is 5.02 Å². The molecule has 10 atom stereocenters. The van der Waals surface area contributed by atoms with Crippen molar-refractivity contribution < 1.29 is 15.0 Å². The van der Waals surface area contributed by atoms with Gasteiger partial charge in [-0.1, -0.05) is 44.5 Å². The summed E-state index contributed by atoms with van der Waals surface area (Å²) in [5.41, 5.74) is 3.77. The van der Waals surface area contributed by atoms with Gasteiger partial charge < -0.3 is 20.4 Å². The third kappa shape index (κ3) is 6.34. The second-order valence-corrected chi connectivity index (χ2v) is 16.9. The Balaban J connectivity index is 0.917. The highest BCUT2D eigenvalue weighted by atomic mass is 35.5. The zero-order valence-electron chi connectivity index (χ0n) is 28.6. The van der Waals surface area contributed by atoms with Crippen molar-refractivity contribution in [2.75, 3.05) is 18.4 Å². The molecule has 4 aliphatic carbocycles. The van der Waals surface area contributed by atoms with Gasteiger partial charge in [-0.25, -0.2) is 9.97 Å². The number of hydrogen-bond acceptors (Lipinski definition) is 6. The smallest absolute Gasteiger partial charge is 0.222 e. The van der Waals surface area contributed by atoms with E-state index in [2.05, 4.69) is 37.1 Å². The lowest BCUT2D eigenvalue weighted by molar-refractivity contribution is -0.174. The van der Waals surface area contributed by atoms with E-state index < -0.39 is 0 Å². The summed E-state index contributed by atoms with van der Waals surface area (Å²) in [4.78, 5) is 24.8. The Morgan fingerprint density at radius 3 is 2.74 bits per heavy atom. The van der Waals surface area contributed by atoms with Crippen molar-refractivity contribution in [1.29, 1.82) is 0 Å². The molecule has 256 valence electrons. The van der Waals surface area contributed by atoms with Crippen LogP contribution in [0.4, 0.5) is 5.95 Å². The van der Waals surface area contributed by atoms with Gasteiger partial charge in [0.25, 0.3) is 0 Å². The molecule has 0 saturated heterocycles. The zero-order chi connectivity index (χ0) is 32.9. The van der Waals surface area contributed by atoms with E-state index in [0.29, 0.717) is 61.0 Å². The molecule has 7 nitrogen and oxygen atoms in total. The maximum Gasteiger partial charge on any atom is 0.222 e. The number of aromatic nitrogens is 2. The first kappa shape index (κ1) is 33.3. The molecular formula is C39H55ClN4O3. The van der Waals surface area contributed by atoms with Crippen molar-refractivity contribution in [2.24, 2.45) is 46.3 Å². The lowest BCUT2D eigenvalue weighted by Crippen LogP contribution is -2.58. The first-order valence-corrected chi connectivity index (χ1v) is 18.9. The number of anilines is 1. The maximum atomic E-state index is 13.5. The molecule has 1 aliphatic heterocycles. The number of carbonyl (C=O) groups excluding carboxylic acids is 1. The van der Waals surface area contributed by atoms with E-state index in [1.54, 1.807) is 0 Å². The minimum atomic E-state index is -0.240. The van der Waals surface area contributed by atoms with Crippen molar-refractivity contribution in [1.82, 2.24) is 14.9 Å². The van der Waals surface area contributed by atoms with Crippen molar-refractivity contribution in [3.63, 3.8) is 0 Å². The normalized spacial score (nSPS) is 36.9. The fourth-order valence-corrected chi connectivity index (χ4v) is 11.7. The molecule has 8 heteroatoms. The molecule has 2 aromatic rings. The van der Waals surface area contributed by atoms with Gasteiger partial charge in [-0.05, 0) is 128 Å². The highest BCUT2D eigenvalue weighted by Gasteiger charge is 2.62. The van der Waals surface area contributed by atoms with Crippen molar-refractivity contribution >= 4 is 23.5 Å². The third-order valence-electron chi connectivity index (χ3n) is 14.1. The first-order chi connectivity index (χ1) is 22.5. The summed E-state index contributed by atoms with van der Waals surface area (Å²) in [6, 6.07) is 7.91. The summed E-state index contributed by atoms with van der Waals surface area (Å²) in [7, 11) is 0. The summed E-state index contributed by atoms with van der Waals surface area (Å²) in [6.07, 6.45) is 13.2. The predicted octanol–water partition coefficient (Wildman–Crippen LogP) is 7.08. The Hall–Kier alpha value is -2.22. The second kappa shape index (κ2) is 13.2. The summed E-state index contributed by atoms with van der Waals surface area (Å²) in [5, 5.41) is 26.1. The van der Waals surface area contributed by atoms with Gasteiger partial charge in [-0.15, -0.1) is 0 Å². The van der Waals surface area contributed by atoms with Crippen molar-refractivity contribution in [2.45, 2.75) is 117 Å². The van der Waals surface area contributed by atoms with Gasteiger partial charge in [-0.2, -0.15) is 0 Å². The fourth-order valence-electron chi connectivity index (χ4n) is 11.5. The molecule has 4 fully saturated rings. The quantitative estimate of drug-likeness (QED) is 0.280. The lowest BCUT2D eigenvalue weighted by atomic mass is 9.43. The van der Waals surface area contributed by atoms with Gasteiger partial charge >= 0.3 is 0 Å². The average molecular weight is 663 g/mol. The Morgan fingerprint density at radius 2 is 1.91 bits per heavy atom. The number of carbonyl (C=O) groups is 1. The molecule has 5 aliphatic rings. The minimum absolute atomic E-state index is 0.190. The molecule has 1 aromatic carbocycles. The molecule has 0 unspecified atom stereocenters. The topological polar surface area (TPSA) is 98.6 Å². The summed E-state index contributed by atoms with van der Waals surface area (Å²) < 4.78 is 0. The van der Waals surface area contributed by atoms with Crippen molar-refractivity contribution in [3.8, 4) is 0 Å². The van der Waals surface area contributed by atoms with Crippen LogP contribution in [0.15, 0.2) is 30.5 Å². The van der Waals surface area contributed by atoms with E-state index in [4.69, 9.17) is 16.6 Å². The minimum Gasteiger partial charge on any atom is -0.393 e. The Kier molecular flexibility index (Phi) is 9.38. The molecule has 3 N–H and O–H groups in total. The fraction of sp³-hybridized carbons (Fsp3) is 0.718. The van der Waals surface area contributed by atoms with Gasteiger partial charge in [0.1, 0.15) is 0 Å². The number of amides is 1. The third-order valence-corrected chi connectivity index (χ3v) is 14.3. The van der Waals surface area contributed by atoms with Crippen LogP contribution >= 0.6 is 11.6 Å². The molecular weight excluding hydrogens is 608 g/mol. The zero-order valence-corrected chi connectivity index (χ0v) is 29.4. The molecule has 0 radical (unpaired) electrons. The molecule has 0 bridgehead atoms. The number of hydrogen-bond donors (Lipinski definition) is 3. The summed E-state index contributed by atoms with van der Waals surface area (Å²) >= 11 is 6.11. The molecule has 4 saturated carbocycles. The largest absolute Gasteiger partial charge is 0.393 e. The van der Waals surface area contributed by atoms with Crippen LogP contribution in [0.3, 0.4) is 0 Å². The van der Waals surface area contributed by atoms with Crippen LogP contribution in [0.25, 0.3) is 0 Å². The second-order valence-electron chi connectivity index (χ2n) is 16.5. The SMILES string of the molecule is C[C@H](CCC(=O)N1CCc2nc(NCCc3cccc(Cl)c3)ncc2C1)[C@H]1CC[C@H]2[C@@H]3[C@@H](O)C[C@@H]4C[C@H](O)CC[C@]4(C)[C@H]3CC[C@]12C. The predicted molar refractivity (Wildman–Crippen MR) is 186 cm³/mol. The number of nitrogens with zero attached hydrogens (tertiary/aromatic N) is 3. The summed E-state index contributed by atoms with van der Waals surface area (Å²) in [6.45, 7) is 9.43. The van der Waals surface area contributed by atoms with Crippen LogP contribution < -0.4 is 5.32 Å². The molecule has 47 heavy (non-hydrogen) atoms. The Bertz CT molecular complexity index is 1460. The van der Waals surface area contributed by atoms with E-state index >= 15 is 0 Å². The van der Waals surface area contributed by atoms with E-state index in [1.165, 1.54) is 31.2 Å². The van der Waals surface area contributed by atoms with Gasteiger partial charge in [0.15, 0.2) is 0 Å². The number of aliphatic hydroxyl groups is 2. The highest BCUT2D eigenvalue weighted by molar-refractivity contribution is 6.30. The Morgan fingerprint density at radius 1 is 1.11 bits per heavy atom. The number of rotatable bonds is 8. The van der Waals surface area contributed by atoms with E-state index in [1.807, 2.05) is 29.3 Å². The number of aliphatic hydroxyl groups excluding tert-OH is 2. The standard InChI is InChI=1S/C39H55ClN4O3/c1-24(30-8-9-31-36-32(12-16-39(30,31)3)38(2)15-11-29(45)20-27(38)21-34(36)46)7-10-35(47)44-18-14-33-26(23-44)22-42-37(43-33)41-17-13-25-5-4-6-28(40)19-25/h4-6,19,22,24,27,29-32,34,36,45-46H,7-18,20-21,23H2,1-3H3,(H,41,42,43)/t24-,27+,29-,30-,31+,32+,34+,36+,38+,39-/m1/s1. The van der Waals surface area contributed by atoms with Crippen LogP contribution in [0, 0.1) is 46.3 Å². The number of nitrogens with one attached hydrogen (secondary N) is 1. The van der Waals surface area contributed by atoms with Gasteiger partial charge in [0.2, 0.25) is 11.9 Å². The van der Waals surface area contributed by atoms with Gasteiger partial charge in [0.05, 0.1) is 17.9 Å². The van der Waals surface area contributed by atoms with Crippen LogP contribution in [0.1, 0.15) is 102 Å². The van der Waals surface area contributed by atoms with Crippen LogP contribution in [0.5, 0.6) is 0 Å². The van der Waals surface area contributed by atoms with E-state index in [9.17, 15) is 15.0 Å². The van der Waals surface area contributed by atoms with Crippen LogP contribution in [-0.4, -0.2) is 56.3 Å². The van der Waals surface area contributed by atoms with Crippen LogP contribution in [-0.2, 0) is 24.2 Å². The first-order valence-electron chi connectivity index (χ1n) is 18.5.